The van der Waals surface area contributed by atoms with Crippen molar-refractivity contribution in [3.63, 3.8) is 0 Å². The van der Waals surface area contributed by atoms with Crippen LogP contribution in [0.5, 0.6) is 0 Å². The summed E-state index contributed by atoms with van der Waals surface area (Å²) in [7, 11) is 0. The molecule has 2 aromatic rings. The van der Waals surface area contributed by atoms with E-state index >= 15 is 0 Å². The van der Waals surface area contributed by atoms with Gasteiger partial charge in [0.15, 0.2) is 0 Å². The number of amides is 2. The summed E-state index contributed by atoms with van der Waals surface area (Å²) in [4.78, 5) is 23.7. The van der Waals surface area contributed by atoms with Crippen molar-refractivity contribution in [1.82, 2.24) is 5.43 Å². The normalized spacial score (nSPS) is 11.0. The van der Waals surface area contributed by atoms with E-state index in [2.05, 4.69) is 15.8 Å². The van der Waals surface area contributed by atoms with Crippen LogP contribution in [0.25, 0.3) is 0 Å². The molecule has 2 N–H and O–H groups in total. The van der Waals surface area contributed by atoms with Crippen molar-refractivity contribution in [2.24, 2.45) is 5.10 Å². The molecule has 0 heterocycles. The molecule has 0 saturated carbocycles. The van der Waals surface area contributed by atoms with Crippen molar-refractivity contribution >= 4 is 34.8 Å². The number of hydrogen-bond donors (Lipinski definition) is 2. The third kappa shape index (κ3) is 4.93. The number of hydrazone groups is 1. The number of benzene rings is 2. The molecule has 24 heavy (non-hydrogen) atoms. The molecule has 6 heteroatoms. The first kappa shape index (κ1) is 17.7. The van der Waals surface area contributed by atoms with E-state index in [4.69, 9.17) is 11.6 Å². The maximum Gasteiger partial charge on any atom is 0.329 e. The number of halogens is 1. The first-order valence-electron chi connectivity index (χ1n) is 7.50. The summed E-state index contributed by atoms with van der Waals surface area (Å²) in [5, 5.41) is 7.17. The fraction of sp³-hybridized carbons (Fsp3) is 0.167. The van der Waals surface area contributed by atoms with Crippen molar-refractivity contribution in [3.05, 3.63) is 64.7 Å². The number of nitrogens with zero attached hydrogens (tertiary/aromatic N) is 1. The van der Waals surface area contributed by atoms with E-state index in [9.17, 15) is 9.59 Å². The summed E-state index contributed by atoms with van der Waals surface area (Å²) >= 11 is 5.85. The van der Waals surface area contributed by atoms with E-state index in [1.165, 1.54) is 0 Å². The SMILES string of the molecule is CC/C(=N/NC(=O)C(=O)Nc1ccc(C)cc1)c1ccc(Cl)cc1. The van der Waals surface area contributed by atoms with Gasteiger partial charge in [-0.3, -0.25) is 9.59 Å². The van der Waals surface area contributed by atoms with Crippen LogP contribution < -0.4 is 10.7 Å². The maximum atomic E-state index is 11.9. The number of hydrogen-bond acceptors (Lipinski definition) is 3. The highest BCUT2D eigenvalue weighted by Crippen LogP contribution is 2.11. The van der Waals surface area contributed by atoms with Crippen LogP contribution in [0.3, 0.4) is 0 Å². The Morgan fingerprint density at radius 3 is 2.21 bits per heavy atom. The molecule has 0 spiro atoms. The van der Waals surface area contributed by atoms with Gasteiger partial charge in [-0.2, -0.15) is 5.10 Å². The Hall–Kier alpha value is -2.66. The van der Waals surface area contributed by atoms with Crippen molar-refractivity contribution in [2.45, 2.75) is 20.3 Å². The van der Waals surface area contributed by atoms with Crippen LogP contribution in [0, 0.1) is 6.92 Å². The van der Waals surface area contributed by atoms with Gasteiger partial charge in [0.25, 0.3) is 0 Å². The highest BCUT2D eigenvalue weighted by Gasteiger charge is 2.13. The summed E-state index contributed by atoms with van der Waals surface area (Å²) in [5.41, 5.74) is 5.39. The van der Waals surface area contributed by atoms with Gasteiger partial charge in [-0.15, -0.1) is 0 Å². The summed E-state index contributed by atoms with van der Waals surface area (Å²) in [6, 6.07) is 14.3. The lowest BCUT2D eigenvalue weighted by atomic mass is 10.1. The average Bonchev–Trinajstić information content (AvgIpc) is 2.58. The van der Waals surface area contributed by atoms with Gasteiger partial charge in [-0.25, -0.2) is 5.43 Å². The Balaban J connectivity index is 2.00. The van der Waals surface area contributed by atoms with Crippen LogP contribution >= 0.6 is 11.6 Å². The highest BCUT2D eigenvalue weighted by atomic mass is 35.5. The minimum atomic E-state index is -0.824. The Bertz CT molecular complexity index is 753. The molecule has 0 aliphatic rings. The minimum Gasteiger partial charge on any atom is -0.318 e. The molecule has 124 valence electrons. The number of carbonyl (C=O) groups is 2. The molecule has 0 saturated heterocycles. The lowest BCUT2D eigenvalue weighted by Gasteiger charge is -2.06. The Labute approximate surface area is 145 Å². The standard InChI is InChI=1S/C18H18ClN3O2/c1-3-16(13-6-8-14(19)9-7-13)21-22-18(24)17(23)20-15-10-4-12(2)5-11-15/h4-11H,3H2,1-2H3,(H,20,23)(H,22,24)/b21-16-. The van der Waals surface area contributed by atoms with Gasteiger partial charge >= 0.3 is 11.8 Å². The molecule has 0 unspecified atom stereocenters. The van der Waals surface area contributed by atoms with Gasteiger partial charge in [0, 0.05) is 10.7 Å². The summed E-state index contributed by atoms with van der Waals surface area (Å²) < 4.78 is 0. The molecule has 0 fully saturated rings. The van der Waals surface area contributed by atoms with Crippen LogP contribution in [0.2, 0.25) is 5.02 Å². The molecule has 0 aromatic heterocycles. The van der Waals surface area contributed by atoms with Crippen molar-refractivity contribution in [1.29, 1.82) is 0 Å². The summed E-state index contributed by atoms with van der Waals surface area (Å²) in [6.45, 7) is 3.85. The monoisotopic (exact) mass is 343 g/mol. The van der Waals surface area contributed by atoms with E-state index in [1.807, 2.05) is 38.1 Å². The molecule has 0 aliphatic heterocycles. The second-order valence-corrected chi connectivity index (χ2v) is 5.62. The van der Waals surface area contributed by atoms with E-state index in [-0.39, 0.29) is 0 Å². The zero-order valence-electron chi connectivity index (χ0n) is 13.5. The molecule has 2 rings (SSSR count). The number of aryl methyl sites for hydroxylation is 1. The Kier molecular flexibility index (Phi) is 6.09. The zero-order chi connectivity index (χ0) is 17.5. The van der Waals surface area contributed by atoms with Crippen LogP contribution in [-0.2, 0) is 9.59 Å². The Morgan fingerprint density at radius 2 is 1.62 bits per heavy atom. The average molecular weight is 344 g/mol. The minimum absolute atomic E-state index is 0.554. The second kappa shape index (κ2) is 8.26. The highest BCUT2D eigenvalue weighted by molar-refractivity contribution is 6.39. The zero-order valence-corrected chi connectivity index (χ0v) is 14.2. The molecule has 5 nitrogen and oxygen atoms in total. The van der Waals surface area contributed by atoms with E-state index in [0.29, 0.717) is 22.8 Å². The topological polar surface area (TPSA) is 70.6 Å². The van der Waals surface area contributed by atoms with E-state index < -0.39 is 11.8 Å². The molecule has 0 bridgehead atoms. The number of rotatable bonds is 4. The predicted molar refractivity (Wildman–Crippen MR) is 96.2 cm³/mol. The van der Waals surface area contributed by atoms with Crippen LogP contribution in [-0.4, -0.2) is 17.5 Å². The van der Waals surface area contributed by atoms with E-state index in [1.54, 1.807) is 24.3 Å². The van der Waals surface area contributed by atoms with Crippen LogP contribution in [0.15, 0.2) is 53.6 Å². The Morgan fingerprint density at radius 1 is 1.00 bits per heavy atom. The first-order chi connectivity index (χ1) is 11.5. The number of anilines is 1. The van der Waals surface area contributed by atoms with Crippen molar-refractivity contribution in [2.75, 3.05) is 5.32 Å². The molecule has 0 aliphatic carbocycles. The molecule has 2 amide bonds. The fourth-order valence-corrected chi connectivity index (χ4v) is 2.11. The van der Waals surface area contributed by atoms with Gasteiger partial charge in [0.1, 0.15) is 0 Å². The molecular formula is C18H18ClN3O2. The molecule has 0 atom stereocenters. The lowest BCUT2D eigenvalue weighted by molar-refractivity contribution is -0.136. The quantitative estimate of drug-likeness (QED) is 0.506. The molecule has 0 radical (unpaired) electrons. The third-order valence-corrected chi connectivity index (χ3v) is 3.57. The fourth-order valence-electron chi connectivity index (χ4n) is 1.98. The van der Waals surface area contributed by atoms with Gasteiger partial charge in [0.05, 0.1) is 5.71 Å². The number of carbonyl (C=O) groups excluding carboxylic acids is 2. The second-order valence-electron chi connectivity index (χ2n) is 5.18. The van der Waals surface area contributed by atoms with Crippen LogP contribution in [0.4, 0.5) is 5.69 Å². The van der Waals surface area contributed by atoms with Crippen LogP contribution in [0.1, 0.15) is 24.5 Å². The van der Waals surface area contributed by atoms with Gasteiger partial charge in [-0.1, -0.05) is 48.4 Å². The van der Waals surface area contributed by atoms with Gasteiger partial charge in [-0.05, 0) is 43.2 Å². The smallest absolute Gasteiger partial charge is 0.318 e. The van der Waals surface area contributed by atoms with E-state index in [0.717, 1.165) is 11.1 Å². The summed E-state index contributed by atoms with van der Waals surface area (Å²) in [6.07, 6.45) is 0.599. The lowest BCUT2D eigenvalue weighted by Crippen LogP contribution is -2.33. The van der Waals surface area contributed by atoms with Gasteiger partial charge < -0.3 is 5.32 Å². The molecule has 2 aromatic carbocycles. The van der Waals surface area contributed by atoms with Gasteiger partial charge in [0.2, 0.25) is 0 Å². The summed E-state index contributed by atoms with van der Waals surface area (Å²) in [5.74, 6) is -1.59. The van der Waals surface area contributed by atoms with Crippen molar-refractivity contribution < 1.29 is 9.59 Å². The van der Waals surface area contributed by atoms with Crippen molar-refractivity contribution in [3.8, 4) is 0 Å². The first-order valence-corrected chi connectivity index (χ1v) is 7.88. The maximum absolute atomic E-state index is 11.9. The molecular weight excluding hydrogens is 326 g/mol. The largest absolute Gasteiger partial charge is 0.329 e. The predicted octanol–water partition coefficient (Wildman–Crippen LogP) is 3.52. The number of nitrogens with one attached hydrogen (secondary N) is 2. The third-order valence-electron chi connectivity index (χ3n) is 3.32.